The van der Waals surface area contributed by atoms with Crippen molar-refractivity contribution in [2.24, 2.45) is 0 Å². The van der Waals surface area contributed by atoms with Crippen molar-refractivity contribution >= 4 is 0 Å². The topological polar surface area (TPSA) is 66.4 Å². The molecule has 5 unspecified atom stereocenters. The van der Waals surface area contributed by atoms with Gasteiger partial charge in [0.2, 0.25) is 0 Å². The number of hydrogen-bond donors (Lipinski definition) is 1. The third-order valence-corrected chi connectivity index (χ3v) is 3.37. The molecule has 20 heavy (non-hydrogen) atoms. The van der Waals surface area contributed by atoms with Gasteiger partial charge in [-0.2, -0.15) is 0 Å². The summed E-state index contributed by atoms with van der Waals surface area (Å²) in [5.74, 6) is -0.691. The highest BCUT2D eigenvalue weighted by atomic mass is 16.8. The Morgan fingerprint density at radius 2 is 1.90 bits per heavy atom. The first-order chi connectivity index (χ1) is 9.13. The molecule has 0 bridgehead atoms. The third-order valence-electron chi connectivity index (χ3n) is 3.37. The van der Waals surface area contributed by atoms with Crippen LogP contribution in [0.1, 0.15) is 34.6 Å². The predicted molar refractivity (Wildman–Crippen MR) is 71.2 cm³/mol. The summed E-state index contributed by atoms with van der Waals surface area (Å²) in [4.78, 5) is 0. The Balaban J connectivity index is 1.97. The van der Waals surface area contributed by atoms with Gasteiger partial charge in [0, 0.05) is 7.11 Å². The highest BCUT2D eigenvalue weighted by Gasteiger charge is 2.56. The molecule has 0 aromatic rings. The highest BCUT2D eigenvalue weighted by Crippen LogP contribution is 2.39. The van der Waals surface area contributed by atoms with Crippen LogP contribution in [0.15, 0.2) is 0 Å². The van der Waals surface area contributed by atoms with E-state index in [0.717, 1.165) is 0 Å². The Hall–Kier alpha value is -0.240. The first-order valence-electron chi connectivity index (χ1n) is 6.99. The van der Waals surface area contributed by atoms with Crippen LogP contribution in [0.25, 0.3) is 0 Å². The lowest BCUT2D eigenvalue weighted by molar-refractivity contribution is -0.232. The standard InChI is InChI=1S/C14H26O6/c1-13(2,3)17-7-8(15)9-10(16-6)11-12(18-9)20-14(4,5)19-11/h8-12,15H,7H2,1-6H3. The summed E-state index contributed by atoms with van der Waals surface area (Å²) >= 11 is 0. The first kappa shape index (κ1) is 16.1. The van der Waals surface area contributed by atoms with Gasteiger partial charge in [0.05, 0.1) is 12.2 Å². The number of hydrogen-bond acceptors (Lipinski definition) is 6. The van der Waals surface area contributed by atoms with Crippen molar-refractivity contribution in [2.75, 3.05) is 13.7 Å². The maximum atomic E-state index is 10.3. The molecule has 1 N–H and O–H groups in total. The zero-order valence-electron chi connectivity index (χ0n) is 13.1. The second-order valence-electron chi connectivity index (χ2n) is 6.76. The van der Waals surface area contributed by atoms with E-state index >= 15 is 0 Å². The van der Waals surface area contributed by atoms with Crippen LogP contribution >= 0.6 is 0 Å². The summed E-state index contributed by atoms with van der Waals surface area (Å²) in [6, 6.07) is 0. The lowest BCUT2D eigenvalue weighted by atomic mass is 10.1. The minimum absolute atomic E-state index is 0.177. The van der Waals surface area contributed by atoms with Gasteiger partial charge in [0.15, 0.2) is 12.1 Å². The van der Waals surface area contributed by atoms with Crippen LogP contribution in [0.5, 0.6) is 0 Å². The lowest BCUT2D eigenvalue weighted by Crippen LogP contribution is -2.44. The Kier molecular flexibility index (Phi) is 4.45. The average molecular weight is 290 g/mol. The van der Waals surface area contributed by atoms with Gasteiger partial charge in [-0.3, -0.25) is 0 Å². The molecule has 0 aliphatic carbocycles. The molecule has 0 aromatic carbocycles. The molecule has 0 radical (unpaired) electrons. The van der Waals surface area contributed by atoms with E-state index in [1.807, 2.05) is 34.6 Å². The molecule has 0 amide bonds. The number of aliphatic hydroxyl groups is 1. The molecule has 5 atom stereocenters. The van der Waals surface area contributed by atoms with E-state index in [9.17, 15) is 5.11 Å². The van der Waals surface area contributed by atoms with E-state index in [2.05, 4.69) is 0 Å². The van der Waals surface area contributed by atoms with E-state index < -0.39 is 24.3 Å². The summed E-state index contributed by atoms with van der Waals surface area (Å²) in [5, 5.41) is 10.3. The van der Waals surface area contributed by atoms with Gasteiger partial charge in [-0.15, -0.1) is 0 Å². The van der Waals surface area contributed by atoms with Crippen molar-refractivity contribution in [1.82, 2.24) is 0 Å². The maximum Gasteiger partial charge on any atom is 0.190 e. The zero-order valence-corrected chi connectivity index (χ0v) is 13.1. The van der Waals surface area contributed by atoms with Crippen LogP contribution in [0.4, 0.5) is 0 Å². The second kappa shape index (κ2) is 5.51. The van der Waals surface area contributed by atoms with Gasteiger partial charge in [0.1, 0.15) is 24.4 Å². The van der Waals surface area contributed by atoms with Crippen LogP contribution in [-0.4, -0.2) is 60.9 Å². The summed E-state index contributed by atoms with van der Waals surface area (Å²) in [6.45, 7) is 9.65. The minimum Gasteiger partial charge on any atom is -0.388 e. The molecule has 0 saturated carbocycles. The predicted octanol–water partition coefficient (Wildman–Crippen LogP) is 1.05. The number of fused-ring (bicyclic) bond motifs is 1. The van der Waals surface area contributed by atoms with E-state index in [-0.39, 0.29) is 24.4 Å². The smallest absolute Gasteiger partial charge is 0.190 e. The first-order valence-corrected chi connectivity index (χ1v) is 6.99. The van der Waals surface area contributed by atoms with E-state index in [0.29, 0.717) is 0 Å². The van der Waals surface area contributed by atoms with Gasteiger partial charge in [-0.05, 0) is 34.6 Å². The molecule has 6 heteroatoms. The molecule has 2 aliphatic heterocycles. The van der Waals surface area contributed by atoms with Gasteiger partial charge in [0.25, 0.3) is 0 Å². The van der Waals surface area contributed by atoms with Gasteiger partial charge >= 0.3 is 0 Å². The quantitative estimate of drug-likeness (QED) is 0.835. The van der Waals surface area contributed by atoms with Crippen molar-refractivity contribution < 1.29 is 28.8 Å². The minimum atomic E-state index is -0.792. The number of rotatable bonds is 4. The van der Waals surface area contributed by atoms with E-state index in [1.165, 1.54) is 0 Å². The molecule has 6 nitrogen and oxygen atoms in total. The van der Waals surface area contributed by atoms with E-state index in [1.54, 1.807) is 7.11 Å². The highest BCUT2D eigenvalue weighted by molar-refractivity contribution is 4.96. The van der Waals surface area contributed by atoms with E-state index in [4.69, 9.17) is 23.7 Å². The summed E-state index contributed by atoms with van der Waals surface area (Å²) in [7, 11) is 1.58. The maximum absolute atomic E-state index is 10.3. The van der Waals surface area contributed by atoms with Crippen molar-refractivity contribution in [2.45, 2.75) is 76.7 Å². The SMILES string of the molecule is COC1C(C(O)COC(C)(C)C)OC2OC(C)(C)OC21. The molecule has 0 spiro atoms. The summed E-state index contributed by atoms with van der Waals surface area (Å²) in [5.41, 5.74) is -0.312. The molecule has 118 valence electrons. The molecule has 2 aliphatic rings. The largest absolute Gasteiger partial charge is 0.388 e. The van der Waals surface area contributed by atoms with Crippen LogP contribution in [0.2, 0.25) is 0 Å². The number of methoxy groups -OCH3 is 1. The monoisotopic (exact) mass is 290 g/mol. The molecular formula is C14H26O6. The fourth-order valence-corrected chi connectivity index (χ4v) is 2.51. The zero-order chi connectivity index (χ0) is 15.1. The van der Waals surface area contributed by atoms with Crippen molar-refractivity contribution in [3.05, 3.63) is 0 Å². The van der Waals surface area contributed by atoms with Crippen LogP contribution < -0.4 is 0 Å². The van der Waals surface area contributed by atoms with Gasteiger partial charge < -0.3 is 28.8 Å². The van der Waals surface area contributed by atoms with Gasteiger partial charge in [-0.25, -0.2) is 0 Å². The Labute approximate surface area is 120 Å². The van der Waals surface area contributed by atoms with Crippen LogP contribution in [-0.2, 0) is 23.7 Å². The fourth-order valence-electron chi connectivity index (χ4n) is 2.51. The third kappa shape index (κ3) is 3.50. The fraction of sp³-hybridized carbons (Fsp3) is 1.00. The molecule has 2 heterocycles. The molecular weight excluding hydrogens is 264 g/mol. The molecule has 2 rings (SSSR count). The number of ether oxygens (including phenoxy) is 5. The Bertz CT molecular complexity index is 337. The number of aliphatic hydroxyl groups excluding tert-OH is 1. The summed E-state index contributed by atoms with van der Waals surface area (Å²) < 4.78 is 28.2. The van der Waals surface area contributed by atoms with Crippen LogP contribution in [0, 0.1) is 0 Å². The molecule has 0 aromatic heterocycles. The molecule has 2 saturated heterocycles. The normalized spacial score (nSPS) is 38.0. The lowest BCUT2D eigenvalue weighted by Gasteiger charge is -2.29. The van der Waals surface area contributed by atoms with Crippen molar-refractivity contribution in [1.29, 1.82) is 0 Å². The molecule has 2 fully saturated rings. The second-order valence-corrected chi connectivity index (χ2v) is 6.76. The average Bonchev–Trinajstić information content (AvgIpc) is 2.76. The summed E-state index contributed by atoms with van der Waals surface area (Å²) in [6.07, 6.45) is -2.53. The van der Waals surface area contributed by atoms with Crippen molar-refractivity contribution in [3.8, 4) is 0 Å². The van der Waals surface area contributed by atoms with Crippen LogP contribution in [0.3, 0.4) is 0 Å². The van der Waals surface area contributed by atoms with Gasteiger partial charge in [-0.1, -0.05) is 0 Å². The van der Waals surface area contributed by atoms with Crippen molar-refractivity contribution in [3.63, 3.8) is 0 Å². The Morgan fingerprint density at radius 1 is 1.25 bits per heavy atom. The Morgan fingerprint density at radius 3 is 2.45 bits per heavy atom.